The summed E-state index contributed by atoms with van der Waals surface area (Å²) in [6.45, 7) is 2.61. The number of halogens is 3. The van der Waals surface area contributed by atoms with Crippen molar-refractivity contribution in [3.8, 4) is 0 Å². The molecule has 12 heteroatoms. The number of rotatable bonds is 3. The van der Waals surface area contributed by atoms with Crippen molar-refractivity contribution in [2.24, 2.45) is 5.11 Å². The predicted octanol–water partition coefficient (Wildman–Crippen LogP) is 1.19. The molecule has 5 atom stereocenters. The predicted molar refractivity (Wildman–Crippen MR) is 77.3 cm³/mol. The van der Waals surface area contributed by atoms with Crippen LogP contribution < -0.4 is 5.32 Å². The van der Waals surface area contributed by atoms with Gasteiger partial charge in [-0.1, -0.05) is 39.9 Å². The Balaban J connectivity index is 3.09. The molecule has 1 aliphatic heterocycles. The lowest BCUT2D eigenvalue weighted by Gasteiger charge is -2.42. The zero-order valence-electron chi connectivity index (χ0n) is 11.4. The number of amides is 1. The van der Waals surface area contributed by atoms with Crippen LogP contribution in [0.1, 0.15) is 13.8 Å². The van der Waals surface area contributed by atoms with Crippen LogP contribution in [0.2, 0.25) is 0 Å². The zero-order chi connectivity index (χ0) is 17.1. The van der Waals surface area contributed by atoms with Gasteiger partial charge in [0, 0.05) is 11.8 Å². The third-order valence-electron chi connectivity index (χ3n) is 2.88. The van der Waals surface area contributed by atoms with E-state index in [1.54, 1.807) is 0 Å². The maximum Gasteiger partial charge on any atom is 0.302 e. The number of ether oxygens (including phenoxy) is 2. The highest BCUT2D eigenvalue weighted by atomic mass is 35.6. The van der Waals surface area contributed by atoms with E-state index in [1.807, 2.05) is 0 Å². The lowest BCUT2D eigenvalue weighted by Crippen LogP contribution is -2.64. The molecule has 1 rings (SSSR count). The molecule has 0 radical (unpaired) electrons. The first-order valence-corrected chi connectivity index (χ1v) is 7.14. The van der Waals surface area contributed by atoms with Gasteiger partial charge in [-0.05, 0) is 12.5 Å². The van der Waals surface area contributed by atoms with Crippen molar-refractivity contribution in [2.75, 3.05) is 0 Å². The molecule has 0 aromatic heterocycles. The number of alkyl halides is 3. The van der Waals surface area contributed by atoms with Crippen molar-refractivity contribution in [3.63, 3.8) is 0 Å². The Hall–Kier alpha value is -0.960. The average Bonchev–Trinajstić information content (AvgIpc) is 2.36. The van der Waals surface area contributed by atoms with Crippen LogP contribution in [-0.4, -0.2) is 51.4 Å². The smallest absolute Gasteiger partial charge is 0.302 e. The van der Waals surface area contributed by atoms with E-state index in [4.69, 9.17) is 49.8 Å². The summed E-state index contributed by atoms with van der Waals surface area (Å²) in [7, 11) is 0. The molecule has 1 aliphatic rings. The summed E-state index contributed by atoms with van der Waals surface area (Å²) >= 11 is 16.4. The number of carbonyl (C=O) groups excluding carboxylic acids is 2. The molecule has 0 spiro atoms. The lowest BCUT2D eigenvalue weighted by atomic mass is 9.95. The van der Waals surface area contributed by atoms with E-state index in [9.17, 15) is 14.7 Å². The van der Waals surface area contributed by atoms with Gasteiger partial charge in [-0.25, -0.2) is 0 Å². The van der Waals surface area contributed by atoms with Crippen LogP contribution in [0.3, 0.4) is 0 Å². The van der Waals surface area contributed by atoms with Gasteiger partial charge in [0.05, 0.1) is 12.1 Å². The number of nitrogens with zero attached hydrogens (tertiary/aromatic N) is 3. The van der Waals surface area contributed by atoms with E-state index in [-0.39, 0.29) is 0 Å². The van der Waals surface area contributed by atoms with E-state index >= 15 is 0 Å². The van der Waals surface area contributed by atoms with E-state index in [0.717, 1.165) is 6.92 Å². The van der Waals surface area contributed by atoms with E-state index in [1.165, 1.54) is 6.92 Å². The normalized spacial score (nSPS) is 31.8. The SMILES string of the molecule is CC(=O)O[C@@H]1[C@@H](N=[N+]=[N-])[C@@H](O)O[C@H](C)[C@@H]1NC(=O)C(Cl)(Cl)Cl. The molecule has 22 heavy (non-hydrogen) atoms. The van der Waals surface area contributed by atoms with Crippen LogP contribution in [0.15, 0.2) is 5.11 Å². The van der Waals surface area contributed by atoms with Crippen molar-refractivity contribution < 1.29 is 24.2 Å². The maximum atomic E-state index is 11.8. The first-order chi connectivity index (χ1) is 10.1. The number of aliphatic hydroxyl groups excluding tert-OH is 1. The summed E-state index contributed by atoms with van der Waals surface area (Å²) in [5.74, 6) is -1.69. The third kappa shape index (κ3) is 4.77. The fourth-order valence-electron chi connectivity index (χ4n) is 1.98. The molecule has 0 unspecified atom stereocenters. The van der Waals surface area contributed by atoms with Gasteiger partial charge in [0.15, 0.2) is 6.29 Å². The van der Waals surface area contributed by atoms with Gasteiger partial charge in [-0.2, -0.15) is 0 Å². The molecule has 1 amide bonds. The fourth-order valence-corrected chi connectivity index (χ4v) is 2.14. The van der Waals surface area contributed by atoms with Crippen molar-refractivity contribution in [1.29, 1.82) is 0 Å². The highest BCUT2D eigenvalue weighted by Gasteiger charge is 2.47. The molecular weight excluding hydrogens is 362 g/mol. The minimum atomic E-state index is -2.25. The second kappa shape index (κ2) is 7.54. The second-order valence-electron chi connectivity index (χ2n) is 4.50. The molecule has 124 valence electrons. The maximum absolute atomic E-state index is 11.8. The minimum absolute atomic E-state index is 0.711. The molecule has 0 aromatic carbocycles. The molecule has 0 bridgehead atoms. The average molecular weight is 376 g/mol. The van der Waals surface area contributed by atoms with Gasteiger partial charge in [-0.15, -0.1) is 0 Å². The van der Waals surface area contributed by atoms with Crippen LogP contribution in [-0.2, 0) is 19.1 Å². The Labute approximate surface area is 140 Å². The van der Waals surface area contributed by atoms with Gasteiger partial charge >= 0.3 is 5.97 Å². The number of hydrogen-bond acceptors (Lipinski definition) is 6. The number of azide groups is 1. The largest absolute Gasteiger partial charge is 0.460 e. The molecule has 1 saturated heterocycles. The first-order valence-electron chi connectivity index (χ1n) is 6.00. The summed E-state index contributed by atoms with van der Waals surface area (Å²) in [5.41, 5.74) is 8.55. The number of nitrogens with one attached hydrogen (secondary N) is 1. The minimum Gasteiger partial charge on any atom is -0.460 e. The number of esters is 1. The van der Waals surface area contributed by atoms with E-state index in [0.29, 0.717) is 0 Å². The monoisotopic (exact) mass is 374 g/mol. The van der Waals surface area contributed by atoms with Gasteiger partial charge in [0.25, 0.3) is 9.70 Å². The molecule has 0 saturated carbocycles. The zero-order valence-corrected chi connectivity index (χ0v) is 13.7. The van der Waals surface area contributed by atoms with Crippen molar-refractivity contribution in [3.05, 3.63) is 10.4 Å². The molecule has 0 aromatic rings. The Bertz CT molecular complexity index is 493. The van der Waals surface area contributed by atoms with Gasteiger partial charge in [0.1, 0.15) is 12.1 Å². The Morgan fingerprint density at radius 1 is 1.45 bits per heavy atom. The highest BCUT2D eigenvalue weighted by Crippen LogP contribution is 2.29. The van der Waals surface area contributed by atoms with Crippen LogP contribution in [0, 0.1) is 0 Å². The Morgan fingerprint density at radius 3 is 2.50 bits per heavy atom. The highest BCUT2D eigenvalue weighted by molar-refractivity contribution is 6.76. The first kappa shape index (κ1) is 19.1. The lowest BCUT2D eigenvalue weighted by molar-refractivity contribution is -0.216. The molecule has 1 heterocycles. The quantitative estimate of drug-likeness (QED) is 0.251. The molecule has 1 fully saturated rings. The standard InChI is InChI=1S/C10H13Cl3N4O5/c1-3-5(15-9(20)10(11,12)13)7(22-4(2)18)6(16-17-14)8(19)21-3/h3,5-8,19H,1-2H3,(H,15,20)/t3-,5+,6-,7+,8+/m1/s1. The Morgan fingerprint density at radius 2 is 2.05 bits per heavy atom. The Kier molecular flexibility index (Phi) is 6.54. The summed E-state index contributed by atoms with van der Waals surface area (Å²) in [4.78, 5) is 25.6. The topological polar surface area (TPSA) is 134 Å². The van der Waals surface area contributed by atoms with Gasteiger partial charge < -0.3 is 19.9 Å². The number of hydrogen-bond donors (Lipinski definition) is 2. The van der Waals surface area contributed by atoms with Crippen molar-refractivity contribution in [1.82, 2.24) is 5.32 Å². The van der Waals surface area contributed by atoms with Crippen LogP contribution in [0.5, 0.6) is 0 Å². The molecular formula is C10H13Cl3N4O5. The van der Waals surface area contributed by atoms with E-state index < -0.39 is 46.3 Å². The number of aliphatic hydroxyl groups is 1. The molecule has 9 nitrogen and oxygen atoms in total. The van der Waals surface area contributed by atoms with Crippen molar-refractivity contribution in [2.45, 2.75) is 48.2 Å². The molecule has 2 N–H and O–H groups in total. The fraction of sp³-hybridized carbons (Fsp3) is 0.800. The summed E-state index contributed by atoms with van der Waals surface area (Å²) in [5, 5.41) is 15.5. The van der Waals surface area contributed by atoms with Gasteiger partial charge in [0.2, 0.25) is 0 Å². The van der Waals surface area contributed by atoms with E-state index in [2.05, 4.69) is 15.3 Å². The van der Waals surface area contributed by atoms with Crippen LogP contribution in [0.4, 0.5) is 0 Å². The van der Waals surface area contributed by atoms with Crippen LogP contribution in [0.25, 0.3) is 10.4 Å². The third-order valence-corrected chi connectivity index (χ3v) is 3.40. The van der Waals surface area contributed by atoms with Crippen LogP contribution >= 0.6 is 34.8 Å². The summed E-state index contributed by atoms with van der Waals surface area (Å²) in [6, 6.07) is -2.27. The van der Waals surface area contributed by atoms with Gasteiger partial charge in [-0.3, -0.25) is 9.59 Å². The summed E-state index contributed by atoms with van der Waals surface area (Å²) < 4.78 is 7.93. The summed E-state index contributed by atoms with van der Waals surface area (Å²) in [6.07, 6.45) is -3.51. The second-order valence-corrected chi connectivity index (χ2v) is 6.78. The number of carbonyl (C=O) groups is 2. The molecule has 0 aliphatic carbocycles. The van der Waals surface area contributed by atoms with Crippen molar-refractivity contribution >= 4 is 46.7 Å².